The van der Waals surface area contributed by atoms with Crippen LogP contribution in [-0.2, 0) is 0 Å². The fraction of sp³-hybridized carbons (Fsp3) is 1.00. The molecule has 0 saturated carbocycles. The zero-order valence-corrected chi connectivity index (χ0v) is 13.0. The quantitative estimate of drug-likeness (QED) is 0.671. The lowest BCUT2D eigenvalue weighted by molar-refractivity contribution is 0.293. The molecule has 0 aromatic carbocycles. The molecule has 2 unspecified atom stereocenters. The highest BCUT2D eigenvalue weighted by atomic mass is 15.1. The Morgan fingerprint density at radius 3 is 1.75 bits per heavy atom. The fourth-order valence-electron chi connectivity index (χ4n) is 2.54. The van der Waals surface area contributed by atoms with Gasteiger partial charge in [-0.2, -0.15) is 0 Å². The van der Waals surface area contributed by atoms with Crippen molar-refractivity contribution in [2.75, 3.05) is 13.6 Å². The smallest absolute Gasteiger partial charge is 0.00672 e. The predicted octanol–water partition coefficient (Wildman–Crippen LogP) is 4.82. The third-order valence-corrected chi connectivity index (χ3v) is 3.63. The van der Waals surface area contributed by atoms with Crippen molar-refractivity contribution in [3.63, 3.8) is 0 Å². The Morgan fingerprint density at radius 2 is 1.50 bits per heavy atom. The summed E-state index contributed by atoms with van der Waals surface area (Å²) in [5.41, 5.74) is 0. The van der Waals surface area contributed by atoms with Crippen molar-refractivity contribution in [3.8, 4) is 0 Å². The lowest BCUT2D eigenvalue weighted by atomic mass is 9.86. The molecule has 0 aromatic heterocycles. The molecule has 0 spiro atoms. The van der Waals surface area contributed by atoms with E-state index < -0.39 is 0 Å². The van der Waals surface area contributed by atoms with E-state index in [1.54, 1.807) is 0 Å². The van der Waals surface area contributed by atoms with Gasteiger partial charge in [-0.15, -0.1) is 0 Å². The Balaban J connectivity index is 0. The number of hydrogen-bond acceptors (Lipinski definition) is 1. The second kappa shape index (κ2) is 11.4. The molecular weight excluding hydrogens is 194 g/mol. The molecule has 0 amide bonds. The summed E-state index contributed by atoms with van der Waals surface area (Å²) in [7, 11) is 2.26. The van der Waals surface area contributed by atoms with Crippen molar-refractivity contribution in [1.82, 2.24) is 4.90 Å². The van der Waals surface area contributed by atoms with Crippen LogP contribution in [0, 0.1) is 11.8 Å². The van der Waals surface area contributed by atoms with Crippen LogP contribution >= 0.6 is 0 Å². The average molecular weight is 229 g/mol. The van der Waals surface area contributed by atoms with Gasteiger partial charge in [0.2, 0.25) is 0 Å². The molecule has 0 aliphatic carbocycles. The summed E-state index contributed by atoms with van der Waals surface area (Å²) in [4.78, 5) is 2.50. The molecule has 16 heavy (non-hydrogen) atoms. The van der Waals surface area contributed by atoms with Crippen LogP contribution in [0.3, 0.4) is 0 Å². The van der Waals surface area contributed by atoms with Crippen molar-refractivity contribution >= 4 is 0 Å². The molecule has 0 N–H and O–H groups in total. The van der Waals surface area contributed by atoms with Crippen LogP contribution in [0.25, 0.3) is 0 Å². The van der Waals surface area contributed by atoms with Crippen molar-refractivity contribution in [1.29, 1.82) is 0 Å². The van der Waals surface area contributed by atoms with Gasteiger partial charge in [-0.25, -0.2) is 0 Å². The number of likely N-dealkylation sites (tertiary alicyclic amines) is 1. The largest absolute Gasteiger partial charge is 0.303 e. The Bertz CT molecular complexity index is 119. The molecule has 1 heterocycles. The normalized spacial score (nSPS) is 24.6. The van der Waals surface area contributed by atoms with Gasteiger partial charge in [-0.3, -0.25) is 0 Å². The first-order valence-corrected chi connectivity index (χ1v) is 7.39. The van der Waals surface area contributed by atoms with E-state index in [1.165, 1.54) is 25.8 Å². The van der Waals surface area contributed by atoms with E-state index >= 15 is 0 Å². The van der Waals surface area contributed by atoms with Crippen LogP contribution < -0.4 is 0 Å². The summed E-state index contributed by atoms with van der Waals surface area (Å²) in [6, 6.07) is 0.815. The fourth-order valence-corrected chi connectivity index (χ4v) is 2.54. The molecule has 0 aromatic rings. The maximum atomic E-state index is 2.50. The molecule has 1 fully saturated rings. The molecule has 100 valence electrons. The Hall–Kier alpha value is -0.0400. The van der Waals surface area contributed by atoms with Crippen LogP contribution in [-0.4, -0.2) is 24.5 Å². The van der Waals surface area contributed by atoms with E-state index in [0.29, 0.717) is 0 Å². The Morgan fingerprint density at radius 1 is 1.06 bits per heavy atom. The molecule has 1 aliphatic heterocycles. The maximum Gasteiger partial charge on any atom is 0.00672 e. The van der Waals surface area contributed by atoms with Crippen LogP contribution in [0.1, 0.15) is 67.7 Å². The minimum Gasteiger partial charge on any atom is -0.303 e. The molecular formula is C15H35N. The highest BCUT2D eigenvalue weighted by Gasteiger charge is 2.30. The second-order valence-electron chi connectivity index (χ2n) is 4.36. The van der Waals surface area contributed by atoms with Crippen molar-refractivity contribution < 1.29 is 0 Å². The Kier molecular flexibility index (Phi) is 13.1. The lowest BCUT2D eigenvalue weighted by Crippen LogP contribution is -2.22. The molecule has 1 rings (SSSR count). The van der Waals surface area contributed by atoms with Crippen LogP contribution in [0.15, 0.2) is 0 Å². The summed E-state index contributed by atoms with van der Waals surface area (Å²) >= 11 is 0. The molecule has 0 bridgehead atoms. The zero-order valence-electron chi connectivity index (χ0n) is 13.0. The molecule has 1 nitrogen and oxygen atoms in total. The highest BCUT2D eigenvalue weighted by molar-refractivity contribution is 4.83. The van der Waals surface area contributed by atoms with Gasteiger partial charge in [0.25, 0.3) is 0 Å². The van der Waals surface area contributed by atoms with Gasteiger partial charge < -0.3 is 4.90 Å². The summed E-state index contributed by atoms with van der Waals surface area (Å²) < 4.78 is 0. The first kappa shape index (κ1) is 18.3. The van der Waals surface area contributed by atoms with Gasteiger partial charge in [0, 0.05) is 12.6 Å². The molecule has 1 aliphatic rings. The second-order valence-corrected chi connectivity index (χ2v) is 4.36. The van der Waals surface area contributed by atoms with E-state index in [9.17, 15) is 0 Å². The van der Waals surface area contributed by atoms with E-state index in [-0.39, 0.29) is 0 Å². The van der Waals surface area contributed by atoms with Gasteiger partial charge in [0.1, 0.15) is 0 Å². The first-order valence-electron chi connectivity index (χ1n) is 7.39. The third-order valence-electron chi connectivity index (χ3n) is 3.63. The molecule has 2 atom stereocenters. The van der Waals surface area contributed by atoms with E-state index in [2.05, 4.69) is 32.7 Å². The summed E-state index contributed by atoms with van der Waals surface area (Å²) in [6.07, 6.45) is 4.15. The van der Waals surface area contributed by atoms with E-state index in [1.807, 2.05) is 27.7 Å². The van der Waals surface area contributed by atoms with Gasteiger partial charge in [0.15, 0.2) is 0 Å². The van der Waals surface area contributed by atoms with Crippen LogP contribution in [0.2, 0.25) is 0 Å². The monoisotopic (exact) mass is 229 g/mol. The van der Waals surface area contributed by atoms with Gasteiger partial charge in [-0.05, 0) is 32.2 Å². The van der Waals surface area contributed by atoms with Gasteiger partial charge >= 0.3 is 0 Å². The standard InChI is InChI=1S/C11H23N.2C2H6/c1-5-10(6-2)11-7-9(3)12(4)8-11;2*1-2/h9-11H,5-8H2,1-4H3;2*1-2H3. The van der Waals surface area contributed by atoms with Crippen LogP contribution in [0.5, 0.6) is 0 Å². The molecule has 0 radical (unpaired) electrons. The third kappa shape index (κ3) is 5.89. The minimum absolute atomic E-state index is 0.815. The van der Waals surface area contributed by atoms with Gasteiger partial charge in [-0.1, -0.05) is 54.4 Å². The first-order chi connectivity index (χ1) is 7.69. The average Bonchev–Trinajstić information content (AvgIpc) is 2.66. The van der Waals surface area contributed by atoms with E-state index in [0.717, 1.165) is 17.9 Å². The van der Waals surface area contributed by atoms with E-state index in [4.69, 9.17) is 0 Å². The zero-order chi connectivity index (χ0) is 13.1. The topological polar surface area (TPSA) is 3.24 Å². The minimum atomic E-state index is 0.815. The molecule has 1 heteroatoms. The predicted molar refractivity (Wildman–Crippen MR) is 77.0 cm³/mol. The highest BCUT2D eigenvalue weighted by Crippen LogP contribution is 2.31. The maximum absolute atomic E-state index is 2.50. The lowest BCUT2D eigenvalue weighted by Gasteiger charge is -2.19. The SMILES string of the molecule is CC.CC.CCC(CC)C1CC(C)N(C)C1. The summed E-state index contributed by atoms with van der Waals surface area (Å²) in [5, 5.41) is 0. The number of rotatable bonds is 3. The Labute approximate surface area is 105 Å². The number of nitrogens with zero attached hydrogens (tertiary/aromatic N) is 1. The van der Waals surface area contributed by atoms with Gasteiger partial charge in [0.05, 0.1) is 0 Å². The van der Waals surface area contributed by atoms with Crippen molar-refractivity contribution in [3.05, 3.63) is 0 Å². The van der Waals surface area contributed by atoms with Crippen molar-refractivity contribution in [2.45, 2.75) is 73.8 Å². The van der Waals surface area contributed by atoms with Crippen molar-refractivity contribution in [2.24, 2.45) is 11.8 Å². The molecule has 1 saturated heterocycles. The number of hydrogen-bond donors (Lipinski definition) is 0. The summed E-state index contributed by atoms with van der Waals surface area (Å²) in [5.74, 6) is 1.94. The van der Waals surface area contributed by atoms with Crippen LogP contribution in [0.4, 0.5) is 0 Å². The summed E-state index contributed by atoms with van der Waals surface area (Å²) in [6.45, 7) is 16.3.